The Hall–Kier alpha value is -1.31. The van der Waals surface area contributed by atoms with Crippen LogP contribution in [0.5, 0.6) is 5.75 Å². The second-order valence-corrected chi connectivity index (χ2v) is 7.57. The molecule has 0 saturated heterocycles. The van der Waals surface area contributed by atoms with Gasteiger partial charge in [0, 0.05) is 0 Å². The average Bonchev–Trinajstić information content (AvgIpc) is 2.73. The third-order valence-electron chi connectivity index (χ3n) is 6.61. The Morgan fingerprint density at radius 1 is 1.30 bits per heavy atom. The van der Waals surface area contributed by atoms with E-state index in [0.717, 1.165) is 29.8 Å². The monoisotopic (exact) mass is 272 g/mol. The number of aromatic hydroxyl groups is 1. The number of phenolic OH excluding ortho intramolecular Hbond substituents is 1. The molecule has 1 N–H and O–H groups in total. The highest BCUT2D eigenvalue weighted by Crippen LogP contribution is 2.71. The first-order valence-electron chi connectivity index (χ1n) is 7.60. The molecule has 108 valence electrons. The van der Waals surface area contributed by atoms with Crippen LogP contribution < -0.4 is 0 Å². The number of benzene rings is 1. The molecule has 0 aromatic heterocycles. The summed E-state index contributed by atoms with van der Waals surface area (Å²) >= 11 is 0. The van der Waals surface area contributed by atoms with Gasteiger partial charge < -0.3 is 5.11 Å². The maximum absolute atomic E-state index is 11.2. The number of aldehydes is 1. The highest BCUT2D eigenvalue weighted by Gasteiger charge is 2.61. The number of hydrogen-bond acceptors (Lipinski definition) is 2. The summed E-state index contributed by atoms with van der Waals surface area (Å²) in [6.45, 7) is 9.11. The maximum Gasteiger partial charge on any atom is 0.153 e. The summed E-state index contributed by atoms with van der Waals surface area (Å²) in [4.78, 5) is 11.2. The highest BCUT2D eigenvalue weighted by molar-refractivity contribution is 5.80. The fourth-order valence-electron chi connectivity index (χ4n) is 4.87. The molecular weight excluding hydrogens is 248 g/mol. The van der Waals surface area contributed by atoms with Gasteiger partial charge in [0.05, 0.1) is 5.56 Å². The minimum absolute atomic E-state index is 0.208. The molecule has 3 rings (SSSR count). The largest absolute Gasteiger partial charge is 0.507 e. The molecule has 0 aliphatic heterocycles. The number of carbonyl (C=O) groups is 1. The van der Waals surface area contributed by atoms with E-state index in [0.29, 0.717) is 16.9 Å². The van der Waals surface area contributed by atoms with Crippen molar-refractivity contribution in [3.63, 3.8) is 0 Å². The molecular formula is C18H24O2. The van der Waals surface area contributed by atoms with E-state index in [2.05, 4.69) is 26.8 Å². The molecule has 2 aliphatic rings. The summed E-state index contributed by atoms with van der Waals surface area (Å²) < 4.78 is 0. The van der Waals surface area contributed by atoms with Crippen molar-refractivity contribution >= 4 is 6.29 Å². The van der Waals surface area contributed by atoms with E-state index >= 15 is 0 Å². The molecule has 2 aliphatic carbocycles. The summed E-state index contributed by atoms with van der Waals surface area (Å²) in [7, 11) is 0. The van der Waals surface area contributed by atoms with Crippen molar-refractivity contribution in [2.45, 2.75) is 52.9 Å². The van der Waals surface area contributed by atoms with Gasteiger partial charge in [-0.05, 0) is 66.0 Å². The minimum Gasteiger partial charge on any atom is -0.507 e. The van der Waals surface area contributed by atoms with Crippen molar-refractivity contribution in [1.82, 2.24) is 0 Å². The topological polar surface area (TPSA) is 37.3 Å². The van der Waals surface area contributed by atoms with Crippen molar-refractivity contribution in [2.75, 3.05) is 0 Å². The number of aryl methyl sites for hydroxylation is 1. The highest BCUT2D eigenvalue weighted by atomic mass is 16.3. The normalized spacial score (nSPS) is 34.4. The second-order valence-electron chi connectivity index (χ2n) is 7.57. The Labute approximate surface area is 121 Å². The van der Waals surface area contributed by atoms with Gasteiger partial charge in [0.2, 0.25) is 0 Å². The smallest absolute Gasteiger partial charge is 0.153 e. The zero-order valence-electron chi connectivity index (χ0n) is 12.9. The predicted molar refractivity (Wildman–Crippen MR) is 80.2 cm³/mol. The molecule has 0 radical (unpaired) electrons. The van der Waals surface area contributed by atoms with Crippen molar-refractivity contribution in [3.8, 4) is 5.75 Å². The molecule has 2 saturated carbocycles. The van der Waals surface area contributed by atoms with Crippen LogP contribution in [0.4, 0.5) is 0 Å². The van der Waals surface area contributed by atoms with Crippen molar-refractivity contribution < 1.29 is 9.90 Å². The first kappa shape index (κ1) is 13.7. The summed E-state index contributed by atoms with van der Waals surface area (Å²) in [6.07, 6.45) is 4.43. The molecule has 2 fully saturated rings. The van der Waals surface area contributed by atoms with E-state index in [1.54, 1.807) is 6.07 Å². The molecule has 0 spiro atoms. The van der Waals surface area contributed by atoms with Crippen LogP contribution in [0, 0.1) is 23.7 Å². The lowest BCUT2D eigenvalue weighted by Crippen LogP contribution is -2.31. The third-order valence-corrected chi connectivity index (χ3v) is 6.61. The van der Waals surface area contributed by atoms with Crippen LogP contribution in [-0.2, 0) is 0 Å². The van der Waals surface area contributed by atoms with Gasteiger partial charge in [0.25, 0.3) is 0 Å². The SMILES string of the molecule is Cc1cc(C=O)c(O)c(C2CC3CCC2(C)C3(C)C)c1. The fraction of sp³-hybridized carbons (Fsp3) is 0.611. The quantitative estimate of drug-likeness (QED) is 0.808. The van der Waals surface area contributed by atoms with Crippen molar-refractivity contribution in [3.05, 3.63) is 28.8 Å². The molecule has 3 atom stereocenters. The molecule has 2 bridgehead atoms. The average molecular weight is 272 g/mol. The lowest BCUT2D eigenvalue weighted by molar-refractivity contribution is 0.111. The Balaban J connectivity index is 2.12. The van der Waals surface area contributed by atoms with Crippen molar-refractivity contribution in [2.24, 2.45) is 16.7 Å². The predicted octanol–water partition coefficient (Wildman–Crippen LogP) is 4.44. The van der Waals surface area contributed by atoms with Gasteiger partial charge in [-0.1, -0.05) is 26.8 Å². The van der Waals surface area contributed by atoms with Gasteiger partial charge >= 0.3 is 0 Å². The van der Waals surface area contributed by atoms with Gasteiger partial charge in [-0.25, -0.2) is 0 Å². The third kappa shape index (κ3) is 1.54. The van der Waals surface area contributed by atoms with Gasteiger partial charge in [0.1, 0.15) is 5.75 Å². The summed E-state index contributed by atoms with van der Waals surface area (Å²) in [5.41, 5.74) is 3.02. The standard InChI is InChI=1S/C18H24O2/c1-11-7-12(10-19)16(20)14(8-11)15-9-13-5-6-18(15,4)17(13,2)3/h7-8,10,13,15,20H,5-6,9H2,1-4H3. The van der Waals surface area contributed by atoms with E-state index in [1.165, 1.54) is 12.8 Å². The van der Waals surface area contributed by atoms with Gasteiger partial charge in [-0.3, -0.25) is 4.79 Å². The van der Waals surface area contributed by atoms with E-state index in [-0.39, 0.29) is 11.2 Å². The zero-order chi connectivity index (χ0) is 14.7. The Morgan fingerprint density at radius 3 is 2.50 bits per heavy atom. The number of fused-ring (bicyclic) bond motifs is 2. The van der Waals surface area contributed by atoms with Crippen LogP contribution in [0.2, 0.25) is 0 Å². The fourth-order valence-corrected chi connectivity index (χ4v) is 4.87. The molecule has 0 amide bonds. The molecule has 2 nitrogen and oxygen atoms in total. The van der Waals surface area contributed by atoms with Gasteiger partial charge in [-0.15, -0.1) is 0 Å². The first-order valence-corrected chi connectivity index (χ1v) is 7.60. The summed E-state index contributed by atoms with van der Waals surface area (Å²) in [6, 6.07) is 3.85. The Morgan fingerprint density at radius 2 is 2.00 bits per heavy atom. The summed E-state index contributed by atoms with van der Waals surface area (Å²) in [5, 5.41) is 10.5. The van der Waals surface area contributed by atoms with Gasteiger partial charge in [-0.2, -0.15) is 0 Å². The number of rotatable bonds is 2. The number of phenols is 1. The minimum atomic E-state index is 0.208. The molecule has 2 heteroatoms. The van der Waals surface area contributed by atoms with Gasteiger partial charge in [0.15, 0.2) is 6.29 Å². The Bertz CT molecular complexity index is 573. The van der Waals surface area contributed by atoms with E-state index in [9.17, 15) is 9.90 Å². The first-order chi connectivity index (χ1) is 9.31. The molecule has 3 unspecified atom stereocenters. The zero-order valence-corrected chi connectivity index (χ0v) is 12.9. The number of carbonyl (C=O) groups excluding carboxylic acids is 1. The summed E-state index contributed by atoms with van der Waals surface area (Å²) in [5.74, 6) is 1.31. The van der Waals surface area contributed by atoms with Crippen LogP contribution >= 0.6 is 0 Å². The lowest BCUT2D eigenvalue weighted by atomic mass is 9.64. The number of hydrogen-bond donors (Lipinski definition) is 1. The Kier molecular flexibility index (Phi) is 2.80. The van der Waals surface area contributed by atoms with E-state index in [1.807, 2.05) is 6.92 Å². The van der Waals surface area contributed by atoms with Crippen LogP contribution in [0.1, 0.15) is 67.4 Å². The maximum atomic E-state index is 11.2. The lowest BCUT2D eigenvalue weighted by Gasteiger charge is -2.40. The van der Waals surface area contributed by atoms with Crippen LogP contribution in [0.3, 0.4) is 0 Å². The van der Waals surface area contributed by atoms with E-state index < -0.39 is 0 Å². The second kappa shape index (κ2) is 4.09. The molecule has 1 aromatic rings. The van der Waals surface area contributed by atoms with Crippen LogP contribution in [0.15, 0.2) is 12.1 Å². The van der Waals surface area contributed by atoms with Crippen molar-refractivity contribution in [1.29, 1.82) is 0 Å². The molecule has 20 heavy (non-hydrogen) atoms. The van der Waals surface area contributed by atoms with E-state index in [4.69, 9.17) is 0 Å². The molecule has 0 heterocycles. The molecule has 1 aromatic carbocycles. The van der Waals surface area contributed by atoms with Crippen LogP contribution in [-0.4, -0.2) is 11.4 Å². The van der Waals surface area contributed by atoms with Crippen LogP contribution in [0.25, 0.3) is 0 Å².